The van der Waals surface area contributed by atoms with E-state index >= 15 is 0 Å². The van der Waals surface area contributed by atoms with Crippen LogP contribution in [-0.4, -0.2) is 73.2 Å². The van der Waals surface area contributed by atoms with Crippen molar-refractivity contribution in [2.75, 3.05) is 52.4 Å². The fraction of sp³-hybridized carbons (Fsp3) is 0.381. The Labute approximate surface area is 175 Å². The zero-order valence-corrected chi connectivity index (χ0v) is 15.5. The third-order valence-corrected chi connectivity index (χ3v) is 5.30. The Balaban J connectivity index is 1.69. The number of hydrogen-bond acceptors (Lipinski definition) is 6. The fourth-order valence-electron chi connectivity index (χ4n) is 2.90. The highest BCUT2D eigenvalue weighted by molar-refractivity contribution is 7.99. The maximum absolute atomic E-state index is 8.93. The molecule has 2 aromatic carbocycles. The Hall–Kier alpha value is -1.86. The number of fused-ring (bicyclic) bond motifs is 2. The molecule has 0 atom stereocenters. The van der Waals surface area contributed by atoms with Gasteiger partial charge in [-0.25, -0.2) is 4.99 Å². The summed E-state index contributed by atoms with van der Waals surface area (Å²) in [5.41, 5.74) is 0.933. The van der Waals surface area contributed by atoms with Gasteiger partial charge in [0.05, 0.1) is 33.7 Å². The maximum atomic E-state index is 8.93. The lowest BCUT2D eigenvalue weighted by Crippen LogP contribution is -2.49. The molecule has 1 saturated heterocycles. The molecular weight excluding hydrogens is 358 g/mol. The number of benzene rings is 2. The van der Waals surface area contributed by atoms with Crippen molar-refractivity contribution in [3.63, 3.8) is 0 Å². The van der Waals surface area contributed by atoms with Gasteiger partial charge in [0.25, 0.3) is 0 Å². The lowest BCUT2D eigenvalue weighted by Gasteiger charge is -2.36. The zero-order chi connectivity index (χ0) is 25.5. The predicted octanol–water partition coefficient (Wildman–Crippen LogP) is 2.86. The van der Waals surface area contributed by atoms with E-state index in [9.17, 15) is 0 Å². The standard InChI is InChI=1S/C21H25N3O2S/c25-14-16-26-15-13-23-9-11-24(12-10-23)21-17-5-1-3-7-19(17)27-20-8-4-2-6-18(20)22-21/h1-8,25H,9-16H2/i1D,3D,5D,7D,13D2,15D2. The topological polar surface area (TPSA) is 48.3 Å². The van der Waals surface area contributed by atoms with E-state index in [2.05, 4.69) is 0 Å². The van der Waals surface area contributed by atoms with Gasteiger partial charge in [0.1, 0.15) is 5.84 Å². The average molecular weight is 392 g/mol. The molecule has 0 spiro atoms. The molecule has 0 unspecified atom stereocenters. The number of piperazine rings is 1. The Bertz CT molecular complexity index is 1160. The smallest absolute Gasteiger partial charge is 0.137 e. The summed E-state index contributed by atoms with van der Waals surface area (Å²) in [5, 5.41) is 8.93. The Kier molecular flexibility index (Phi) is 3.69. The number of para-hydroxylation sites is 1. The van der Waals surface area contributed by atoms with Gasteiger partial charge in [0.15, 0.2) is 0 Å². The Morgan fingerprint density at radius 2 is 1.96 bits per heavy atom. The highest BCUT2D eigenvalue weighted by atomic mass is 32.2. The molecule has 2 heterocycles. The second-order valence-corrected chi connectivity index (χ2v) is 7.02. The van der Waals surface area contributed by atoms with E-state index in [0.29, 0.717) is 22.0 Å². The van der Waals surface area contributed by atoms with Crippen LogP contribution in [0, 0.1) is 0 Å². The van der Waals surface area contributed by atoms with E-state index in [-0.39, 0.29) is 57.0 Å². The van der Waals surface area contributed by atoms with Gasteiger partial charge in [-0.15, -0.1) is 0 Å². The molecule has 27 heavy (non-hydrogen) atoms. The van der Waals surface area contributed by atoms with E-state index in [4.69, 9.17) is 25.8 Å². The molecule has 0 saturated carbocycles. The molecule has 142 valence electrons. The summed E-state index contributed by atoms with van der Waals surface area (Å²) in [6.07, 6.45) is 0. The van der Waals surface area contributed by atoms with Crippen molar-refractivity contribution in [1.82, 2.24) is 9.80 Å². The van der Waals surface area contributed by atoms with Crippen molar-refractivity contribution in [2.24, 2.45) is 4.99 Å². The first-order valence-electron chi connectivity index (χ1n) is 12.7. The number of aliphatic imine (C=N–C) groups is 1. The summed E-state index contributed by atoms with van der Waals surface area (Å²) in [6.45, 7) is -5.08. The van der Waals surface area contributed by atoms with Crippen LogP contribution in [0.15, 0.2) is 63.2 Å². The molecule has 1 fully saturated rings. The third-order valence-electron chi connectivity index (χ3n) is 4.23. The van der Waals surface area contributed by atoms with Gasteiger partial charge < -0.3 is 14.7 Å². The van der Waals surface area contributed by atoms with Gasteiger partial charge in [-0.3, -0.25) is 4.90 Å². The number of ether oxygens (including phenoxy) is 1. The van der Waals surface area contributed by atoms with Gasteiger partial charge in [-0.2, -0.15) is 0 Å². The van der Waals surface area contributed by atoms with Gasteiger partial charge in [-0.1, -0.05) is 42.0 Å². The molecule has 0 radical (unpaired) electrons. The molecule has 2 aliphatic rings. The zero-order valence-electron chi connectivity index (χ0n) is 22.7. The number of nitrogens with zero attached hydrogens (tertiary/aromatic N) is 3. The van der Waals surface area contributed by atoms with Crippen LogP contribution in [-0.2, 0) is 4.74 Å². The summed E-state index contributed by atoms with van der Waals surface area (Å²) in [6, 6.07) is 6.33. The van der Waals surface area contributed by atoms with Crippen LogP contribution in [0.2, 0.25) is 0 Å². The summed E-state index contributed by atoms with van der Waals surface area (Å²) in [4.78, 5) is 9.11. The van der Waals surface area contributed by atoms with Crippen LogP contribution in [0.5, 0.6) is 0 Å². The van der Waals surface area contributed by atoms with Gasteiger partial charge in [0.2, 0.25) is 0 Å². The molecule has 0 amide bonds. The first-order valence-corrected chi connectivity index (χ1v) is 9.52. The van der Waals surface area contributed by atoms with Crippen molar-refractivity contribution in [3.05, 3.63) is 54.0 Å². The SMILES string of the molecule is [2H]c1c([2H])c([2H])c2c(c1[2H])Sc1ccccc1N=C2N1CCN(C([2H])([2H])C([2H])([2H])OCCO)CC1. The molecule has 4 rings (SSSR count). The van der Waals surface area contributed by atoms with Crippen molar-refractivity contribution in [3.8, 4) is 0 Å². The van der Waals surface area contributed by atoms with Crippen molar-refractivity contribution in [1.29, 1.82) is 0 Å². The van der Waals surface area contributed by atoms with Gasteiger partial charge in [-0.05, 0) is 18.2 Å². The molecular formula is C21H25N3O2S. The van der Waals surface area contributed by atoms with Crippen LogP contribution >= 0.6 is 11.8 Å². The number of rotatable bonds is 5. The quantitative estimate of drug-likeness (QED) is 0.849. The summed E-state index contributed by atoms with van der Waals surface area (Å²) in [7, 11) is 0. The van der Waals surface area contributed by atoms with Gasteiger partial charge >= 0.3 is 0 Å². The van der Waals surface area contributed by atoms with E-state index in [0.717, 1.165) is 4.90 Å². The van der Waals surface area contributed by atoms with E-state index in [1.807, 2.05) is 29.2 Å². The van der Waals surface area contributed by atoms with Gasteiger partial charge in [0, 0.05) is 50.8 Å². The molecule has 2 aromatic rings. The van der Waals surface area contributed by atoms with E-state index in [1.165, 1.54) is 16.7 Å². The molecule has 0 aromatic heterocycles. The van der Waals surface area contributed by atoms with Crippen LogP contribution in [0.1, 0.15) is 16.5 Å². The normalized spacial score (nSPS) is 22.4. The fourth-order valence-corrected chi connectivity index (χ4v) is 3.83. The average Bonchev–Trinajstić information content (AvgIpc) is 3.02. The van der Waals surface area contributed by atoms with Crippen molar-refractivity contribution >= 4 is 23.3 Å². The number of aliphatic hydroxyl groups is 1. The lowest BCUT2D eigenvalue weighted by molar-refractivity contribution is 0.0652. The van der Waals surface area contributed by atoms with Crippen LogP contribution < -0.4 is 0 Å². The minimum Gasteiger partial charge on any atom is -0.394 e. The third kappa shape index (κ3) is 4.35. The summed E-state index contributed by atoms with van der Waals surface area (Å²) in [5.74, 6) is 0.379. The molecule has 6 heteroatoms. The second kappa shape index (κ2) is 8.89. The van der Waals surface area contributed by atoms with E-state index in [1.54, 1.807) is 0 Å². The monoisotopic (exact) mass is 391 g/mol. The first-order chi connectivity index (χ1) is 16.5. The van der Waals surface area contributed by atoms with Crippen molar-refractivity contribution in [2.45, 2.75) is 9.79 Å². The van der Waals surface area contributed by atoms with E-state index < -0.39 is 19.7 Å². The predicted molar refractivity (Wildman–Crippen MR) is 109 cm³/mol. The molecule has 0 aliphatic carbocycles. The van der Waals surface area contributed by atoms with Crippen LogP contribution in [0.4, 0.5) is 5.69 Å². The number of amidine groups is 1. The summed E-state index contributed by atoms with van der Waals surface area (Å²) >= 11 is 1.24. The highest BCUT2D eigenvalue weighted by Crippen LogP contribution is 2.40. The second-order valence-electron chi connectivity index (χ2n) is 5.97. The largest absolute Gasteiger partial charge is 0.394 e. The van der Waals surface area contributed by atoms with Crippen LogP contribution in [0.25, 0.3) is 0 Å². The molecule has 5 nitrogen and oxygen atoms in total. The highest BCUT2D eigenvalue weighted by Gasteiger charge is 2.24. The summed E-state index contributed by atoms with van der Waals surface area (Å²) < 4.78 is 71.0. The lowest BCUT2D eigenvalue weighted by atomic mass is 10.1. The van der Waals surface area contributed by atoms with Crippen LogP contribution in [0.3, 0.4) is 0 Å². The minimum atomic E-state index is -2.64. The molecule has 1 N–H and O–H groups in total. The minimum absolute atomic E-state index is 0.128. The number of aliphatic hydroxyl groups excluding tert-OH is 1. The molecule has 2 aliphatic heterocycles. The first kappa shape index (κ1) is 11.2. The maximum Gasteiger partial charge on any atom is 0.137 e. The van der Waals surface area contributed by atoms with Crippen molar-refractivity contribution < 1.29 is 20.8 Å². The Morgan fingerprint density at radius 1 is 1.15 bits per heavy atom. The number of hydrogen-bond donors (Lipinski definition) is 1. The Morgan fingerprint density at radius 3 is 2.81 bits per heavy atom. The molecule has 0 bridgehead atoms.